The second-order valence-electron chi connectivity index (χ2n) is 4.99. The second kappa shape index (κ2) is 7.28. The monoisotopic (exact) mass is 295 g/mol. The summed E-state index contributed by atoms with van der Waals surface area (Å²) in [4.78, 5) is 10.8. The lowest BCUT2D eigenvalue weighted by Gasteiger charge is -2.09. The van der Waals surface area contributed by atoms with Crippen LogP contribution in [0.25, 0.3) is 11.1 Å². The zero-order chi connectivity index (χ0) is 15.9. The van der Waals surface area contributed by atoms with E-state index in [4.69, 9.17) is 15.1 Å². The molecule has 0 saturated carbocycles. The number of aryl methyl sites for hydroxylation is 1. The van der Waals surface area contributed by atoms with Crippen LogP contribution in [0.4, 0.5) is 4.79 Å². The van der Waals surface area contributed by atoms with Crippen LogP contribution < -0.4 is 4.74 Å². The van der Waals surface area contributed by atoms with Gasteiger partial charge in [-0.05, 0) is 42.2 Å². The number of nitrogens with zero attached hydrogens (tertiary/aromatic N) is 1. The summed E-state index contributed by atoms with van der Waals surface area (Å²) in [5, 5.41) is 17.8. The Morgan fingerprint density at radius 3 is 2.55 bits per heavy atom. The Kier molecular flexibility index (Phi) is 5.16. The van der Waals surface area contributed by atoms with Gasteiger partial charge in [-0.1, -0.05) is 37.6 Å². The maximum atomic E-state index is 10.8. The lowest BCUT2D eigenvalue weighted by Crippen LogP contribution is -2.04. The number of carbonyl (C=O) groups is 1. The highest BCUT2D eigenvalue weighted by molar-refractivity contribution is 5.75. The van der Waals surface area contributed by atoms with Gasteiger partial charge in [0.25, 0.3) is 0 Å². The minimum absolute atomic E-state index is 0.229. The van der Waals surface area contributed by atoms with Crippen molar-refractivity contribution in [2.75, 3.05) is 0 Å². The van der Waals surface area contributed by atoms with Crippen LogP contribution in [-0.4, -0.2) is 11.3 Å². The fraction of sp³-hybridized carbons (Fsp3) is 0.222. The van der Waals surface area contributed by atoms with Gasteiger partial charge in [0.1, 0.15) is 5.75 Å². The first-order valence-corrected chi connectivity index (χ1v) is 7.18. The van der Waals surface area contributed by atoms with Crippen molar-refractivity contribution >= 4 is 6.16 Å². The van der Waals surface area contributed by atoms with Crippen molar-refractivity contribution in [1.29, 1.82) is 5.26 Å². The highest BCUT2D eigenvalue weighted by Crippen LogP contribution is 2.31. The first kappa shape index (κ1) is 15.6. The van der Waals surface area contributed by atoms with Gasteiger partial charge in [-0.15, -0.1) is 0 Å². The number of hydrogen-bond donors (Lipinski definition) is 1. The van der Waals surface area contributed by atoms with Crippen molar-refractivity contribution in [1.82, 2.24) is 0 Å². The van der Waals surface area contributed by atoms with E-state index in [1.807, 2.05) is 24.3 Å². The van der Waals surface area contributed by atoms with Gasteiger partial charge in [0, 0.05) is 5.56 Å². The van der Waals surface area contributed by atoms with E-state index < -0.39 is 6.16 Å². The molecule has 4 heteroatoms. The number of nitriles is 1. The molecule has 0 bridgehead atoms. The molecule has 2 rings (SSSR count). The molecule has 2 aromatic carbocycles. The number of carboxylic acid groups (broad SMARTS) is 1. The predicted octanol–water partition coefficient (Wildman–Crippen LogP) is 4.62. The van der Waals surface area contributed by atoms with E-state index in [0.29, 0.717) is 11.1 Å². The van der Waals surface area contributed by atoms with Crippen LogP contribution in [0.5, 0.6) is 5.75 Å². The van der Waals surface area contributed by atoms with Crippen LogP contribution in [0.2, 0.25) is 0 Å². The van der Waals surface area contributed by atoms with Crippen LogP contribution in [-0.2, 0) is 6.42 Å². The highest BCUT2D eigenvalue weighted by Gasteiger charge is 2.11. The third kappa shape index (κ3) is 3.86. The highest BCUT2D eigenvalue weighted by atomic mass is 16.7. The number of rotatable bonds is 5. The average Bonchev–Trinajstić information content (AvgIpc) is 2.53. The van der Waals surface area contributed by atoms with Gasteiger partial charge >= 0.3 is 6.16 Å². The van der Waals surface area contributed by atoms with Gasteiger partial charge in [0.2, 0.25) is 0 Å². The molecule has 0 atom stereocenters. The van der Waals surface area contributed by atoms with Gasteiger partial charge in [0.15, 0.2) is 0 Å². The maximum absolute atomic E-state index is 10.8. The fourth-order valence-corrected chi connectivity index (χ4v) is 2.24. The van der Waals surface area contributed by atoms with Crippen molar-refractivity contribution in [2.45, 2.75) is 26.2 Å². The van der Waals surface area contributed by atoms with Crippen molar-refractivity contribution < 1.29 is 14.6 Å². The Morgan fingerprint density at radius 2 is 1.95 bits per heavy atom. The molecule has 0 aliphatic carbocycles. The van der Waals surface area contributed by atoms with Gasteiger partial charge in [0.05, 0.1) is 11.6 Å². The third-order valence-corrected chi connectivity index (χ3v) is 3.39. The topological polar surface area (TPSA) is 70.3 Å². The summed E-state index contributed by atoms with van der Waals surface area (Å²) < 4.78 is 4.80. The molecular formula is C18H17NO3. The molecule has 2 aromatic rings. The van der Waals surface area contributed by atoms with E-state index in [0.717, 1.165) is 24.8 Å². The molecule has 22 heavy (non-hydrogen) atoms. The van der Waals surface area contributed by atoms with E-state index in [-0.39, 0.29) is 5.75 Å². The van der Waals surface area contributed by atoms with Crippen LogP contribution in [0.15, 0.2) is 42.5 Å². The molecular weight excluding hydrogens is 278 g/mol. The summed E-state index contributed by atoms with van der Waals surface area (Å²) in [6.45, 7) is 2.15. The molecule has 0 aliphatic heterocycles. The molecule has 0 aromatic heterocycles. The van der Waals surface area contributed by atoms with E-state index >= 15 is 0 Å². The van der Waals surface area contributed by atoms with Crippen LogP contribution >= 0.6 is 0 Å². The van der Waals surface area contributed by atoms with E-state index in [1.54, 1.807) is 6.07 Å². The Bertz CT molecular complexity index is 699. The van der Waals surface area contributed by atoms with Gasteiger partial charge < -0.3 is 9.84 Å². The largest absolute Gasteiger partial charge is 0.511 e. The number of hydrogen-bond acceptors (Lipinski definition) is 3. The molecule has 0 spiro atoms. The summed E-state index contributed by atoms with van der Waals surface area (Å²) in [5.74, 6) is 0.229. The summed E-state index contributed by atoms with van der Waals surface area (Å²) in [6.07, 6.45) is 1.93. The van der Waals surface area contributed by atoms with Gasteiger partial charge in [-0.2, -0.15) is 5.26 Å². The molecule has 112 valence electrons. The molecule has 1 N–H and O–H groups in total. The molecule has 0 aliphatic rings. The van der Waals surface area contributed by atoms with Crippen molar-refractivity contribution in [3.05, 3.63) is 53.6 Å². The molecule has 4 nitrogen and oxygen atoms in total. The predicted molar refractivity (Wildman–Crippen MR) is 83.9 cm³/mol. The summed E-state index contributed by atoms with van der Waals surface area (Å²) in [7, 11) is 0. The summed E-state index contributed by atoms with van der Waals surface area (Å²) >= 11 is 0. The average molecular weight is 295 g/mol. The number of unbranched alkanes of at least 4 members (excludes halogenated alkanes) is 1. The smallest absolute Gasteiger partial charge is 0.449 e. The molecule has 0 saturated heterocycles. The quantitative estimate of drug-likeness (QED) is 0.645. The number of benzene rings is 2. The fourth-order valence-electron chi connectivity index (χ4n) is 2.24. The Hall–Kier alpha value is -2.80. The second-order valence-corrected chi connectivity index (χ2v) is 4.99. The van der Waals surface area contributed by atoms with Crippen molar-refractivity contribution in [2.24, 2.45) is 0 Å². The normalized spacial score (nSPS) is 10.0. The summed E-state index contributed by atoms with van der Waals surface area (Å²) in [5.41, 5.74) is 3.13. The Morgan fingerprint density at radius 1 is 1.23 bits per heavy atom. The molecule has 0 unspecified atom stereocenters. The number of ether oxygens (including phenoxy) is 1. The molecule has 0 heterocycles. The molecule has 0 amide bonds. The zero-order valence-corrected chi connectivity index (χ0v) is 12.4. The third-order valence-electron chi connectivity index (χ3n) is 3.39. The Balaban J connectivity index is 2.37. The van der Waals surface area contributed by atoms with E-state index in [1.165, 1.54) is 17.7 Å². The maximum Gasteiger partial charge on any atom is 0.511 e. The van der Waals surface area contributed by atoms with Crippen LogP contribution in [0, 0.1) is 11.3 Å². The van der Waals surface area contributed by atoms with Crippen LogP contribution in [0.1, 0.15) is 30.9 Å². The van der Waals surface area contributed by atoms with Gasteiger partial charge in [-0.3, -0.25) is 0 Å². The lowest BCUT2D eigenvalue weighted by atomic mass is 9.99. The minimum atomic E-state index is -1.37. The first-order chi connectivity index (χ1) is 10.6. The summed E-state index contributed by atoms with van der Waals surface area (Å²) in [6, 6.07) is 14.6. The van der Waals surface area contributed by atoms with E-state index in [9.17, 15) is 4.79 Å². The molecule has 0 radical (unpaired) electrons. The molecule has 0 fully saturated rings. The van der Waals surface area contributed by atoms with E-state index in [2.05, 4.69) is 13.0 Å². The minimum Gasteiger partial charge on any atom is -0.449 e. The Labute approximate surface area is 129 Å². The standard InChI is InChI=1S/C18H17NO3/c1-2-3-4-13-5-8-15(9-6-13)16-11-14(12-19)7-10-17(16)22-18(20)21/h5-11H,2-4H2,1H3,(H,20,21). The van der Waals surface area contributed by atoms with Crippen LogP contribution in [0.3, 0.4) is 0 Å². The zero-order valence-electron chi connectivity index (χ0n) is 12.4. The van der Waals surface area contributed by atoms with Gasteiger partial charge in [-0.25, -0.2) is 4.79 Å². The van der Waals surface area contributed by atoms with Crippen molar-refractivity contribution in [3.63, 3.8) is 0 Å². The van der Waals surface area contributed by atoms with Crippen molar-refractivity contribution in [3.8, 4) is 22.9 Å². The first-order valence-electron chi connectivity index (χ1n) is 7.18. The SMILES string of the molecule is CCCCc1ccc(-c2cc(C#N)ccc2OC(=O)O)cc1. The lowest BCUT2D eigenvalue weighted by molar-refractivity contribution is 0.144.